The number of halogens is 1. The number of aryl methyl sites for hydroxylation is 1. The van der Waals surface area contributed by atoms with E-state index >= 15 is 0 Å². The van der Waals surface area contributed by atoms with Crippen LogP contribution in [-0.2, 0) is 11.2 Å². The lowest BCUT2D eigenvalue weighted by atomic mass is 9.99. The third-order valence-electron chi connectivity index (χ3n) is 4.96. The van der Waals surface area contributed by atoms with Gasteiger partial charge in [-0.3, -0.25) is 4.90 Å². The first kappa shape index (κ1) is 17.2. The monoisotopic (exact) mass is 335 g/mol. The third-order valence-corrected chi connectivity index (χ3v) is 4.96. The Morgan fingerprint density at radius 1 is 1.42 bits per heavy atom. The van der Waals surface area contributed by atoms with Crippen molar-refractivity contribution < 1.29 is 13.9 Å². The number of hydrogen-bond acceptors (Lipinski definition) is 3. The van der Waals surface area contributed by atoms with Crippen molar-refractivity contribution in [2.75, 3.05) is 39.8 Å². The fourth-order valence-corrected chi connectivity index (χ4v) is 3.52. The minimum absolute atomic E-state index is 0.00772. The van der Waals surface area contributed by atoms with Crippen LogP contribution in [0.1, 0.15) is 18.4 Å². The minimum atomic E-state index is -0.210. The smallest absolute Gasteiger partial charge is 0.317 e. The van der Waals surface area contributed by atoms with Crippen LogP contribution in [-0.4, -0.2) is 67.8 Å². The van der Waals surface area contributed by atoms with Gasteiger partial charge < -0.3 is 15.0 Å². The number of nitrogens with zero attached hydrogens (tertiary/aromatic N) is 2. The Hall–Kier alpha value is -1.66. The van der Waals surface area contributed by atoms with Crippen molar-refractivity contribution in [1.82, 2.24) is 15.1 Å². The zero-order valence-corrected chi connectivity index (χ0v) is 14.2. The Labute approximate surface area is 142 Å². The number of piperidine rings is 1. The molecule has 5 nitrogen and oxygen atoms in total. The van der Waals surface area contributed by atoms with E-state index in [1.807, 2.05) is 11.0 Å². The predicted octanol–water partition coefficient (Wildman–Crippen LogP) is 1.87. The van der Waals surface area contributed by atoms with Gasteiger partial charge in [0.2, 0.25) is 0 Å². The lowest BCUT2D eigenvalue weighted by molar-refractivity contribution is -0.0881. The number of carbonyl (C=O) groups excluding carboxylic acids is 1. The van der Waals surface area contributed by atoms with Crippen LogP contribution in [0.3, 0.4) is 0 Å². The molecule has 0 aromatic heterocycles. The van der Waals surface area contributed by atoms with Gasteiger partial charge in [0.05, 0.1) is 18.8 Å². The van der Waals surface area contributed by atoms with E-state index in [0.717, 1.165) is 51.1 Å². The van der Waals surface area contributed by atoms with Crippen LogP contribution in [0.2, 0.25) is 0 Å². The van der Waals surface area contributed by atoms with E-state index in [4.69, 9.17) is 4.74 Å². The standard InChI is InChI=1S/C18H26FN3O2/c1-21-10-11-24-17-7-9-22(13-16(17)21)18(23)20-8-3-5-14-4-2-6-15(19)12-14/h2,4,6,12,16-17H,3,5,7-11,13H2,1H3,(H,20,23)/t16-,17-/m1/s1. The number of rotatable bonds is 4. The van der Waals surface area contributed by atoms with Gasteiger partial charge in [0.15, 0.2) is 0 Å². The molecule has 2 atom stereocenters. The van der Waals surface area contributed by atoms with E-state index in [1.54, 1.807) is 12.1 Å². The number of amides is 2. The molecule has 2 heterocycles. The number of ether oxygens (including phenoxy) is 1. The van der Waals surface area contributed by atoms with Gasteiger partial charge in [-0.1, -0.05) is 12.1 Å². The molecule has 2 fully saturated rings. The molecule has 0 aliphatic carbocycles. The molecule has 0 bridgehead atoms. The number of fused-ring (bicyclic) bond motifs is 1. The summed E-state index contributed by atoms with van der Waals surface area (Å²) in [6, 6.07) is 6.91. The van der Waals surface area contributed by atoms with Gasteiger partial charge in [0.1, 0.15) is 5.82 Å². The van der Waals surface area contributed by atoms with Crippen LogP contribution in [0.5, 0.6) is 0 Å². The number of nitrogens with one attached hydrogen (secondary N) is 1. The first-order valence-corrected chi connectivity index (χ1v) is 8.72. The average molecular weight is 335 g/mol. The minimum Gasteiger partial charge on any atom is -0.375 e. The van der Waals surface area contributed by atoms with Gasteiger partial charge in [0, 0.05) is 26.2 Å². The van der Waals surface area contributed by atoms with Crippen molar-refractivity contribution in [2.24, 2.45) is 0 Å². The topological polar surface area (TPSA) is 44.8 Å². The fourth-order valence-electron chi connectivity index (χ4n) is 3.52. The van der Waals surface area contributed by atoms with Gasteiger partial charge in [-0.25, -0.2) is 9.18 Å². The number of carbonyl (C=O) groups is 1. The number of likely N-dealkylation sites (N-methyl/N-ethyl adjacent to an activating group) is 1. The summed E-state index contributed by atoms with van der Waals surface area (Å²) in [7, 11) is 2.10. The summed E-state index contributed by atoms with van der Waals surface area (Å²) >= 11 is 0. The molecule has 132 valence electrons. The highest BCUT2D eigenvalue weighted by molar-refractivity contribution is 5.74. The molecule has 2 aliphatic heterocycles. The molecule has 0 spiro atoms. The molecule has 2 amide bonds. The van der Waals surface area contributed by atoms with Crippen LogP contribution >= 0.6 is 0 Å². The maximum Gasteiger partial charge on any atom is 0.317 e. The fraction of sp³-hybridized carbons (Fsp3) is 0.611. The average Bonchev–Trinajstić information content (AvgIpc) is 2.59. The summed E-state index contributed by atoms with van der Waals surface area (Å²) in [5.41, 5.74) is 0.964. The Balaban J connectivity index is 1.40. The van der Waals surface area contributed by atoms with Gasteiger partial charge in [-0.2, -0.15) is 0 Å². The molecule has 3 rings (SSSR count). The molecule has 0 saturated carbocycles. The SMILES string of the molecule is CN1CCO[C@@H]2CCN(C(=O)NCCCc3cccc(F)c3)C[C@H]21. The molecule has 0 radical (unpaired) electrons. The molecule has 24 heavy (non-hydrogen) atoms. The maximum atomic E-state index is 13.1. The van der Waals surface area contributed by atoms with Crippen LogP contribution < -0.4 is 5.32 Å². The van der Waals surface area contributed by atoms with Crippen molar-refractivity contribution >= 4 is 6.03 Å². The van der Waals surface area contributed by atoms with Gasteiger partial charge in [-0.05, 0) is 44.0 Å². The van der Waals surface area contributed by atoms with Crippen molar-refractivity contribution in [3.05, 3.63) is 35.6 Å². The lowest BCUT2D eigenvalue weighted by Crippen LogP contribution is -2.60. The molecule has 2 saturated heterocycles. The molecule has 1 N–H and O–H groups in total. The molecule has 0 unspecified atom stereocenters. The van der Waals surface area contributed by atoms with Crippen molar-refractivity contribution in [2.45, 2.75) is 31.4 Å². The van der Waals surface area contributed by atoms with Crippen LogP contribution in [0, 0.1) is 5.82 Å². The van der Waals surface area contributed by atoms with E-state index < -0.39 is 0 Å². The Morgan fingerprint density at radius 2 is 2.29 bits per heavy atom. The Morgan fingerprint density at radius 3 is 3.12 bits per heavy atom. The quantitative estimate of drug-likeness (QED) is 0.855. The Kier molecular flexibility index (Phi) is 5.68. The molecule has 1 aromatic rings. The highest BCUT2D eigenvalue weighted by Crippen LogP contribution is 2.21. The highest BCUT2D eigenvalue weighted by Gasteiger charge is 2.36. The first-order valence-electron chi connectivity index (χ1n) is 8.72. The largest absolute Gasteiger partial charge is 0.375 e. The van der Waals surface area contributed by atoms with E-state index in [1.165, 1.54) is 6.07 Å². The molecular formula is C18H26FN3O2. The summed E-state index contributed by atoms with van der Waals surface area (Å²) in [6.07, 6.45) is 2.71. The summed E-state index contributed by atoms with van der Waals surface area (Å²) in [5, 5.41) is 2.98. The molecule has 2 aliphatic rings. The lowest BCUT2D eigenvalue weighted by Gasteiger charge is -2.45. The van der Waals surface area contributed by atoms with Crippen molar-refractivity contribution in [3.8, 4) is 0 Å². The van der Waals surface area contributed by atoms with E-state index in [9.17, 15) is 9.18 Å². The third kappa shape index (κ3) is 4.24. The van der Waals surface area contributed by atoms with E-state index in [0.29, 0.717) is 12.6 Å². The zero-order valence-electron chi connectivity index (χ0n) is 14.2. The molecule has 6 heteroatoms. The highest BCUT2D eigenvalue weighted by atomic mass is 19.1. The maximum absolute atomic E-state index is 13.1. The molecular weight excluding hydrogens is 309 g/mol. The number of morpholine rings is 1. The van der Waals surface area contributed by atoms with Crippen LogP contribution in [0.15, 0.2) is 24.3 Å². The van der Waals surface area contributed by atoms with Gasteiger partial charge in [-0.15, -0.1) is 0 Å². The summed E-state index contributed by atoms with van der Waals surface area (Å²) < 4.78 is 18.9. The van der Waals surface area contributed by atoms with Crippen LogP contribution in [0.4, 0.5) is 9.18 Å². The first-order chi connectivity index (χ1) is 11.6. The second-order valence-electron chi connectivity index (χ2n) is 6.66. The number of likely N-dealkylation sites (tertiary alicyclic amines) is 1. The molecule has 1 aromatic carbocycles. The number of hydrogen-bond donors (Lipinski definition) is 1. The second-order valence-corrected chi connectivity index (χ2v) is 6.66. The zero-order chi connectivity index (χ0) is 16.9. The Bertz CT molecular complexity index is 569. The summed E-state index contributed by atoms with van der Waals surface area (Å²) in [5.74, 6) is -0.210. The summed E-state index contributed by atoms with van der Waals surface area (Å²) in [4.78, 5) is 16.5. The predicted molar refractivity (Wildman–Crippen MR) is 90.5 cm³/mol. The number of benzene rings is 1. The van der Waals surface area contributed by atoms with Crippen molar-refractivity contribution in [3.63, 3.8) is 0 Å². The van der Waals surface area contributed by atoms with E-state index in [2.05, 4.69) is 17.3 Å². The van der Waals surface area contributed by atoms with E-state index in [-0.39, 0.29) is 18.0 Å². The normalized spacial score (nSPS) is 24.5. The number of urea groups is 1. The summed E-state index contributed by atoms with van der Waals surface area (Å²) in [6.45, 7) is 3.77. The van der Waals surface area contributed by atoms with Crippen molar-refractivity contribution in [1.29, 1.82) is 0 Å². The second kappa shape index (κ2) is 7.94. The van der Waals surface area contributed by atoms with Gasteiger partial charge in [0.25, 0.3) is 0 Å². The van der Waals surface area contributed by atoms with Gasteiger partial charge >= 0.3 is 6.03 Å². The van der Waals surface area contributed by atoms with Crippen LogP contribution in [0.25, 0.3) is 0 Å².